The summed E-state index contributed by atoms with van der Waals surface area (Å²) in [7, 11) is 1.97. The molecule has 0 aromatic rings. The molecule has 16 heavy (non-hydrogen) atoms. The lowest BCUT2D eigenvalue weighted by Crippen LogP contribution is -2.50. The number of likely N-dealkylation sites (N-methyl/N-ethyl adjacent to an activating group) is 1. The Morgan fingerprint density at radius 1 is 1.31 bits per heavy atom. The molecule has 2 heterocycles. The summed E-state index contributed by atoms with van der Waals surface area (Å²) in [5.41, 5.74) is 0. The van der Waals surface area contributed by atoms with Gasteiger partial charge in [-0.15, -0.1) is 0 Å². The van der Waals surface area contributed by atoms with Gasteiger partial charge in [-0.05, 0) is 39.2 Å². The van der Waals surface area contributed by atoms with Crippen molar-refractivity contribution < 1.29 is 9.53 Å². The van der Waals surface area contributed by atoms with Gasteiger partial charge in [-0.25, -0.2) is 0 Å². The largest absolute Gasteiger partial charge is 0.368 e. The average molecular weight is 226 g/mol. The highest BCUT2D eigenvalue weighted by Gasteiger charge is 2.29. The molecule has 2 unspecified atom stereocenters. The molecular weight excluding hydrogens is 204 g/mol. The molecule has 92 valence electrons. The van der Waals surface area contributed by atoms with E-state index in [1.165, 1.54) is 6.42 Å². The van der Waals surface area contributed by atoms with E-state index in [4.69, 9.17) is 4.74 Å². The molecular formula is C12H22N2O2. The van der Waals surface area contributed by atoms with Crippen molar-refractivity contribution in [2.75, 3.05) is 26.7 Å². The van der Waals surface area contributed by atoms with Gasteiger partial charge in [0.05, 0.1) is 0 Å². The number of amides is 1. The Labute approximate surface area is 97.3 Å². The van der Waals surface area contributed by atoms with Gasteiger partial charge in [0, 0.05) is 25.7 Å². The molecule has 1 N–H and O–H groups in total. The van der Waals surface area contributed by atoms with E-state index in [0.717, 1.165) is 45.4 Å². The van der Waals surface area contributed by atoms with Crippen LogP contribution >= 0.6 is 0 Å². The Bertz CT molecular complexity index is 239. The quantitative estimate of drug-likeness (QED) is 0.756. The smallest absolute Gasteiger partial charge is 0.251 e. The second-order valence-corrected chi connectivity index (χ2v) is 4.77. The van der Waals surface area contributed by atoms with Crippen molar-refractivity contribution >= 4 is 5.91 Å². The van der Waals surface area contributed by atoms with Crippen LogP contribution in [0.5, 0.6) is 0 Å². The number of nitrogens with one attached hydrogen (secondary N) is 1. The summed E-state index contributed by atoms with van der Waals surface area (Å²) in [6.45, 7) is 2.49. The first-order valence-electron chi connectivity index (χ1n) is 6.39. The zero-order valence-corrected chi connectivity index (χ0v) is 10.1. The lowest BCUT2D eigenvalue weighted by Gasteiger charge is -2.35. The first-order valence-corrected chi connectivity index (χ1v) is 6.39. The maximum absolute atomic E-state index is 12.2. The van der Waals surface area contributed by atoms with Crippen molar-refractivity contribution in [3.63, 3.8) is 0 Å². The van der Waals surface area contributed by atoms with E-state index in [0.29, 0.717) is 6.04 Å². The Morgan fingerprint density at radius 2 is 2.19 bits per heavy atom. The van der Waals surface area contributed by atoms with Crippen LogP contribution in [0.2, 0.25) is 0 Å². The molecule has 0 aliphatic carbocycles. The highest BCUT2D eigenvalue weighted by molar-refractivity contribution is 5.81. The maximum Gasteiger partial charge on any atom is 0.251 e. The number of likely N-dealkylation sites (tertiary alicyclic amines) is 1. The van der Waals surface area contributed by atoms with Gasteiger partial charge >= 0.3 is 0 Å². The van der Waals surface area contributed by atoms with Crippen LogP contribution in [-0.4, -0.2) is 49.7 Å². The summed E-state index contributed by atoms with van der Waals surface area (Å²) in [5.74, 6) is 0.208. The minimum absolute atomic E-state index is 0.163. The highest BCUT2D eigenvalue weighted by atomic mass is 16.5. The average Bonchev–Trinajstić information content (AvgIpc) is 2.39. The van der Waals surface area contributed by atoms with Crippen LogP contribution in [0.25, 0.3) is 0 Å². The van der Waals surface area contributed by atoms with Crippen molar-refractivity contribution in [3.8, 4) is 0 Å². The summed E-state index contributed by atoms with van der Waals surface area (Å²) >= 11 is 0. The van der Waals surface area contributed by atoms with Crippen LogP contribution < -0.4 is 5.32 Å². The van der Waals surface area contributed by atoms with Gasteiger partial charge in [0.1, 0.15) is 6.10 Å². The fraction of sp³-hybridized carbons (Fsp3) is 0.917. The number of piperidine rings is 1. The third-order valence-electron chi connectivity index (χ3n) is 3.60. The van der Waals surface area contributed by atoms with Gasteiger partial charge in [0.2, 0.25) is 0 Å². The van der Waals surface area contributed by atoms with Crippen molar-refractivity contribution in [1.29, 1.82) is 0 Å². The molecule has 2 atom stereocenters. The minimum atomic E-state index is -0.163. The molecule has 2 aliphatic heterocycles. The van der Waals surface area contributed by atoms with E-state index in [9.17, 15) is 4.79 Å². The molecule has 1 amide bonds. The van der Waals surface area contributed by atoms with Crippen LogP contribution in [0.3, 0.4) is 0 Å². The predicted molar refractivity (Wildman–Crippen MR) is 62.3 cm³/mol. The number of hydrogen-bond acceptors (Lipinski definition) is 3. The molecule has 2 rings (SSSR count). The van der Waals surface area contributed by atoms with Gasteiger partial charge in [-0.3, -0.25) is 4.79 Å². The van der Waals surface area contributed by atoms with Gasteiger partial charge in [-0.1, -0.05) is 0 Å². The Morgan fingerprint density at radius 3 is 2.88 bits per heavy atom. The lowest BCUT2D eigenvalue weighted by molar-refractivity contribution is -0.147. The lowest BCUT2D eigenvalue weighted by atomic mass is 10.0. The fourth-order valence-corrected chi connectivity index (χ4v) is 2.55. The van der Waals surface area contributed by atoms with E-state index in [1.807, 2.05) is 11.9 Å². The summed E-state index contributed by atoms with van der Waals surface area (Å²) in [6, 6.07) is 0.460. The summed E-state index contributed by atoms with van der Waals surface area (Å²) in [6.07, 6.45) is 5.24. The molecule has 0 bridgehead atoms. The first kappa shape index (κ1) is 11.9. The minimum Gasteiger partial charge on any atom is -0.368 e. The molecule has 4 nitrogen and oxygen atoms in total. The van der Waals surface area contributed by atoms with E-state index in [-0.39, 0.29) is 12.0 Å². The summed E-state index contributed by atoms with van der Waals surface area (Å²) < 4.78 is 5.55. The molecule has 0 saturated carbocycles. The Kier molecular flexibility index (Phi) is 4.18. The molecule has 2 aliphatic rings. The zero-order chi connectivity index (χ0) is 11.4. The number of rotatable bonds is 2. The van der Waals surface area contributed by atoms with Gasteiger partial charge < -0.3 is 15.0 Å². The zero-order valence-electron chi connectivity index (χ0n) is 10.1. The van der Waals surface area contributed by atoms with Crippen LogP contribution in [0.4, 0.5) is 0 Å². The summed E-state index contributed by atoms with van der Waals surface area (Å²) in [4.78, 5) is 14.2. The molecule has 0 radical (unpaired) electrons. The van der Waals surface area contributed by atoms with E-state index in [2.05, 4.69) is 5.32 Å². The maximum atomic E-state index is 12.2. The van der Waals surface area contributed by atoms with Crippen molar-refractivity contribution in [3.05, 3.63) is 0 Å². The van der Waals surface area contributed by atoms with Gasteiger partial charge in [0.15, 0.2) is 0 Å². The van der Waals surface area contributed by atoms with E-state index in [1.54, 1.807) is 0 Å². The molecule has 2 saturated heterocycles. The standard InChI is InChI=1S/C12H22N2O2/c1-13-10-5-4-7-14(9-10)12(15)11-6-2-3-8-16-11/h10-11,13H,2-9H2,1H3. The summed E-state index contributed by atoms with van der Waals surface area (Å²) in [5, 5.41) is 3.26. The highest BCUT2D eigenvalue weighted by Crippen LogP contribution is 2.18. The third-order valence-corrected chi connectivity index (χ3v) is 3.60. The fourth-order valence-electron chi connectivity index (χ4n) is 2.55. The van der Waals surface area contributed by atoms with E-state index >= 15 is 0 Å². The number of nitrogens with zero attached hydrogens (tertiary/aromatic N) is 1. The number of carbonyl (C=O) groups excluding carboxylic acids is 1. The van der Waals surface area contributed by atoms with Gasteiger partial charge in [-0.2, -0.15) is 0 Å². The van der Waals surface area contributed by atoms with Crippen molar-refractivity contribution in [2.45, 2.75) is 44.2 Å². The predicted octanol–water partition coefficient (Wildman–Crippen LogP) is 0.766. The van der Waals surface area contributed by atoms with Crippen LogP contribution in [0.1, 0.15) is 32.1 Å². The van der Waals surface area contributed by atoms with Crippen LogP contribution in [0.15, 0.2) is 0 Å². The normalized spacial score (nSPS) is 31.4. The monoisotopic (exact) mass is 226 g/mol. The van der Waals surface area contributed by atoms with Crippen LogP contribution in [-0.2, 0) is 9.53 Å². The van der Waals surface area contributed by atoms with Gasteiger partial charge in [0.25, 0.3) is 5.91 Å². The molecule has 0 aromatic heterocycles. The second-order valence-electron chi connectivity index (χ2n) is 4.77. The number of ether oxygens (including phenoxy) is 1. The Hall–Kier alpha value is -0.610. The topological polar surface area (TPSA) is 41.6 Å². The van der Waals surface area contributed by atoms with Crippen molar-refractivity contribution in [2.24, 2.45) is 0 Å². The molecule has 0 aromatic carbocycles. The molecule has 2 fully saturated rings. The first-order chi connectivity index (χ1) is 7.81. The second kappa shape index (κ2) is 5.64. The van der Waals surface area contributed by atoms with Crippen molar-refractivity contribution in [1.82, 2.24) is 10.2 Å². The third kappa shape index (κ3) is 2.74. The molecule has 0 spiro atoms. The van der Waals surface area contributed by atoms with E-state index < -0.39 is 0 Å². The van der Waals surface area contributed by atoms with Crippen LogP contribution in [0, 0.1) is 0 Å². The number of hydrogen-bond donors (Lipinski definition) is 1. The molecule has 4 heteroatoms. The number of carbonyl (C=O) groups is 1. The SMILES string of the molecule is CNC1CCCN(C(=O)C2CCCCO2)C1. The Balaban J connectivity index is 1.87.